The first-order valence-corrected chi connectivity index (χ1v) is 6.75. The van der Waals surface area contributed by atoms with Crippen molar-refractivity contribution in [1.82, 2.24) is 5.32 Å². The van der Waals surface area contributed by atoms with Gasteiger partial charge in [-0.2, -0.15) is 0 Å². The largest absolute Gasteiger partial charge is 0.356 e. The van der Waals surface area contributed by atoms with Crippen LogP contribution in [0, 0.1) is 6.92 Å². The molecule has 4 heteroatoms. The monoisotopic (exact) mass is 262 g/mol. The number of unbranched alkanes of at least 4 members (excludes halogenated alkanes) is 2. The van der Waals surface area contributed by atoms with Gasteiger partial charge in [-0.15, -0.1) is 0 Å². The van der Waals surface area contributed by atoms with E-state index in [1.54, 1.807) is 0 Å². The fourth-order valence-electron chi connectivity index (χ4n) is 1.65. The molecule has 1 rings (SSSR count). The van der Waals surface area contributed by atoms with Gasteiger partial charge in [0, 0.05) is 12.2 Å². The molecular formula is C15H22N2O2. The van der Waals surface area contributed by atoms with E-state index >= 15 is 0 Å². The lowest BCUT2D eigenvalue weighted by Crippen LogP contribution is -2.28. The zero-order valence-corrected chi connectivity index (χ0v) is 11.7. The Bertz CT molecular complexity index is 413. The average Bonchev–Trinajstić information content (AvgIpc) is 2.37. The minimum absolute atomic E-state index is 0.125. The van der Waals surface area contributed by atoms with Gasteiger partial charge in [0.2, 0.25) is 11.8 Å². The van der Waals surface area contributed by atoms with Crippen molar-refractivity contribution in [3.8, 4) is 0 Å². The van der Waals surface area contributed by atoms with Crippen molar-refractivity contribution in [3.05, 3.63) is 29.8 Å². The van der Waals surface area contributed by atoms with Crippen LogP contribution in [0.25, 0.3) is 0 Å². The van der Waals surface area contributed by atoms with E-state index in [2.05, 4.69) is 17.6 Å². The van der Waals surface area contributed by atoms with Gasteiger partial charge in [0.15, 0.2) is 0 Å². The van der Waals surface area contributed by atoms with Gasteiger partial charge in [0.25, 0.3) is 0 Å². The zero-order chi connectivity index (χ0) is 14.1. The molecule has 0 bridgehead atoms. The topological polar surface area (TPSA) is 58.2 Å². The third-order valence-corrected chi connectivity index (χ3v) is 2.76. The summed E-state index contributed by atoms with van der Waals surface area (Å²) in [5.74, 6) is -0.502. The fourth-order valence-corrected chi connectivity index (χ4v) is 1.65. The second-order valence-electron chi connectivity index (χ2n) is 4.65. The highest BCUT2D eigenvalue weighted by Gasteiger charge is 2.08. The molecular weight excluding hydrogens is 240 g/mol. The molecule has 1 aromatic carbocycles. The molecule has 2 amide bonds. The minimum Gasteiger partial charge on any atom is -0.356 e. The predicted molar refractivity (Wildman–Crippen MR) is 77.0 cm³/mol. The van der Waals surface area contributed by atoms with Crippen LogP contribution in [0.3, 0.4) is 0 Å². The highest BCUT2D eigenvalue weighted by molar-refractivity contribution is 6.03. The van der Waals surface area contributed by atoms with Crippen LogP contribution < -0.4 is 10.6 Å². The Hall–Kier alpha value is -1.84. The Balaban J connectivity index is 2.26. The SMILES string of the molecule is CCCCCNC(=O)CC(=O)Nc1ccc(C)cc1. The van der Waals surface area contributed by atoms with E-state index < -0.39 is 0 Å². The first-order chi connectivity index (χ1) is 9.11. The number of amides is 2. The van der Waals surface area contributed by atoms with E-state index in [0.717, 1.165) is 30.5 Å². The second-order valence-corrected chi connectivity index (χ2v) is 4.65. The van der Waals surface area contributed by atoms with Crippen molar-refractivity contribution in [2.75, 3.05) is 11.9 Å². The standard InChI is InChI=1S/C15H22N2O2/c1-3-4-5-10-16-14(18)11-15(19)17-13-8-6-12(2)7-9-13/h6-9H,3-5,10-11H2,1-2H3,(H,16,18)(H,17,19). The van der Waals surface area contributed by atoms with Gasteiger partial charge in [0.1, 0.15) is 6.42 Å². The van der Waals surface area contributed by atoms with E-state index in [4.69, 9.17) is 0 Å². The number of benzene rings is 1. The van der Waals surface area contributed by atoms with Crippen LogP contribution in [-0.2, 0) is 9.59 Å². The smallest absolute Gasteiger partial charge is 0.233 e. The molecule has 0 saturated carbocycles. The molecule has 0 atom stereocenters. The Labute approximate surface area is 114 Å². The number of carbonyl (C=O) groups is 2. The molecule has 19 heavy (non-hydrogen) atoms. The number of rotatable bonds is 7. The highest BCUT2D eigenvalue weighted by Crippen LogP contribution is 2.08. The van der Waals surface area contributed by atoms with E-state index in [-0.39, 0.29) is 18.2 Å². The van der Waals surface area contributed by atoms with Crippen LogP contribution in [0.4, 0.5) is 5.69 Å². The summed E-state index contributed by atoms with van der Waals surface area (Å²) >= 11 is 0. The first kappa shape index (κ1) is 15.2. The Kier molecular flexibility index (Phi) is 6.64. The van der Waals surface area contributed by atoms with E-state index in [9.17, 15) is 9.59 Å². The van der Waals surface area contributed by atoms with Gasteiger partial charge in [-0.05, 0) is 25.5 Å². The maximum atomic E-state index is 11.6. The van der Waals surface area contributed by atoms with Crippen molar-refractivity contribution in [3.63, 3.8) is 0 Å². The number of hydrogen-bond donors (Lipinski definition) is 2. The second kappa shape index (κ2) is 8.29. The van der Waals surface area contributed by atoms with Crippen LogP contribution in [0.15, 0.2) is 24.3 Å². The number of hydrogen-bond acceptors (Lipinski definition) is 2. The molecule has 0 spiro atoms. The molecule has 4 nitrogen and oxygen atoms in total. The number of carbonyl (C=O) groups excluding carboxylic acids is 2. The van der Waals surface area contributed by atoms with Crippen molar-refractivity contribution in [1.29, 1.82) is 0 Å². The van der Waals surface area contributed by atoms with Gasteiger partial charge >= 0.3 is 0 Å². The van der Waals surface area contributed by atoms with Crippen LogP contribution in [-0.4, -0.2) is 18.4 Å². The summed E-state index contributed by atoms with van der Waals surface area (Å²) in [4.78, 5) is 23.1. The van der Waals surface area contributed by atoms with Crippen molar-refractivity contribution in [2.45, 2.75) is 39.5 Å². The summed E-state index contributed by atoms with van der Waals surface area (Å²) < 4.78 is 0. The molecule has 0 aliphatic carbocycles. The van der Waals surface area contributed by atoms with Crippen LogP contribution in [0.2, 0.25) is 0 Å². The van der Waals surface area contributed by atoms with E-state index in [1.165, 1.54) is 0 Å². The highest BCUT2D eigenvalue weighted by atomic mass is 16.2. The number of aryl methyl sites for hydroxylation is 1. The van der Waals surface area contributed by atoms with Crippen molar-refractivity contribution < 1.29 is 9.59 Å². The predicted octanol–water partition coefficient (Wildman–Crippen LogP) is 2.63. The third-order valence-electron chi connectivity index (χ3n) is 2.76. The Morgan fingerprint density at radius 1 is 1.05 bits per heavy atom. The third kappa shape index (κ3) is 6.60. The minimum atomic E-state index is -0.281. The lowest BCUT2D eigenvalue weighted by atomic mass is 10.2. The number of anilines is 1. The Morgan fingerprint density at radius 2 is 1.74 bits per heavy atom. The van der Waals surface area contributed by atoms with Gasteiger partial charge in [-0.3, -0.25) is 9.59 Å². The van der Waals surface area contributed by atoms with Crippen LogP contribution >= 0.6 is 0 Å². The molecule has 1 aromatic rings. The summed E-state index contributed by atoms with van der Waals surface area (Å²) in [6.07, 6.45) is 3.04. The fraction of sp³-hybridized carbons (Fsp3) is 0.467. The van der Waals surface area contributed by atoms with Gasteiger partial charge < -0.3 is 10.6 Å². The molecule has 104 valence electrons. The maximum Gasteiger partial charge on any atom is 0.233 e. The molecule has 0 unspecified atom stereocenters. The van der Waals surface area contributed by atoms with E-state index in [1.807, 2.05) is 31.2 Å². The molecule has 0 aliphatic rings. The Morgan fingerprint density at radius 3 is 2.37 bits per heavy atom. The van der Waals surface area contributed by atoms with Crippen LogP contribution in [0.1, 0.15) is 38.2 Å². The molecule has 0 aliphatic heterocycles. The van der Waals surface area contributed by atoms with Gasteiger partial charge in [-0.1, -0.05) is 37.5 Å². The van der Waals surface area contributed by atoms with Crippen LogP contribution in [0.5, 0.6) is 0 Å². The number of nitrogens with one attached hydrogen (secondary N) is 2. The molecule has 0 radical (unpaired) electrons. The maximum absolute atomic E-state index is 11.6. The molecule has 2 N–H and O–H groups in total. The first-order valence-electron chi connectivity index (χ1n) is 6.75. The summed E-state index contributed by atoms with van der Waals surface area (Å²) in [6, 6.07) is 7.49. The summed E-state index contributed by atoms with van der Waals surface area (Å²) in [5, 5.41) is 5.45. The quantitative estimate of drug-likeness (QED) is 0.586. The average molecular weight is 262 g/mol. The van der Waals surface area contributed by atoms with Gasteiger partial charge in [-0.25, -0.2) is 0 Å². The summed E-state index contributed by atoms with van der Waals surface area (Å²) in [5.41, 5.74) is 1.85. The zero-order valence-electron chi connectivity index (χ0n) is 11.7. The lowest BCUT2D eigenvalue weighted by molar-refractivity contribution is -0.126. The normalized spacial score (nSPS) is 10.0. The lowest BCUT2D eigenvalue weighted by Gasteiger charge is -2.06. The summed E-state index contributed by atoms with van der Waals surface area (Å²) in [6.45, 7) is 4.73. The van der Waals surface area contributed by atoms with E-state index in [0.29, 0.717) is 6.54 Å². The van der Waals surface area contributed by atoms with Crippen molar-refractivity contribution in [2.24, 2.45) is 0 Å². The molecule has 0 fully saturated rings. The molecule has 0 aromatic heterocycles. The molecule has 0 saturated heterocycles. The summed E-state index contributed by atoms with van der Waals surface area (Å²) in [7, 11) is 0. The molecule has 0 heterocycles. The van der Waals surface area contributed by atoms with Crippen molar-refractivity contribution >= 4 is 17.5 Å². The van der Waals surface area contributed by atoms with Gasteiger partial charge in [0.05, 0.1) is 0 Å².